The van der Waals surface area contributed by atoms with Crippen LogP contribution in [0.2, 0.25) is 5.02 Å². The lowest BCUT2D eigenvalue weighted by Crippen LogP contribution is -2.42. The average molecular weight is 307 g/mol. The second kappa shape index (κ2) is 7.02. The van der Waals surface area contributed by atoms with E-state index in [4.69, 9.17) is 11.6 Å². The molecule has 0 aromatic heterocycles. The van der Waals surface area contributed by atoms with Gasteiger partial charge in [-0.2, -0.15) is 0 Å². The number of halogens is 1. The molecule has 3 rings (SSSR count). The molecular weight excluding hydrogens is 280 g/mol. The summed E-state index contributed by atoms with van der Waals surface area (Å²) in [5.74, 6) is 1.88. The van der Waals surface area contributed by atoms with Crippen LogP contribution in [0, 0.1) is 11.8 Å². The number of nitrogens with zero attached hydrogens (tertiary/aromatic N) is 1. The van der Waals surface area contributed by atoms with Crippen LogP contribution in [0.25, 0.3) is 0 Å². The molecular formula is C18H27ClN2. The van der Waals surface area contributed by atoms with Crippen molar-refractivity contribution in [1.82, 2.24) is 5.32 Å². The van der Waals surface area contributed by atoms with E-state index >= 15 is 0 Å². The summed E-state index contributed by atoms with van der Waals surface area (Å²) >= 11 is 6.46. The number of piperidine rings is 1. The van der Waals surface area contributed by atoms with Gasteiger partial charge in [-0.15, -0.1) is 0 Å². The van der Waals surface area contributed by atoms with Crippen molar-refractivity contribution in [2.24, 2.45) is 11.8 Å². The standard InChI is InChI=1S/C18H27ClN2/c1-2-20-12-16-17(19)8-5-9-18(16)21-11-10-14-6-3-4-7-15(14)13-21/h5,8-9,14-15,20H,2-4,6-7,10-13H2,1H3. The smallest absolute Gasteiger partial charge is 0.0471 e. The van der Waals surface area contributed by atoms with Gasteiger partial charge in [-0.25, -0.2) is 0 Å². The summed E-state index contributed by atoms with van der Waals surface area (Å²) in [4.78, 5) is 2.59. The van der Waals surface area contributed by atoms with Gasteiger partial charge in [0.1, 0.15) is 0 Å². The van der Waals surface area contributed by atoms with E-state index in [0.29, 0.717) is 0 Å². The van der Waals surface area contributed by atoms with Crippen LogP contribution in [-0.2, 0) is 6.54 Å². The van der Waals surface area contributed by atoms with E-state index in [1.165, 1.54) is 56.4 Å². The molecule has 3 heteroatoms. The molecule has 2 aliphatic rings. The number of hydrogen-bond donors (Lipinski definition) is 1. The van der Waals surface area contributed by atoms with Crippen molar-refractivity contribution in [2.75, 3.05) is 24.5 Å². The third kappa shape index (κ3) is 3.37. The minimum Gasteiger partial charge on any atom is -0.371 e. The SMILES string of the molecule is CCNCc1c(Cl)cccc1N1CCC2CCCCC2C1. The Labute approximate surface area is 133 Å². The maximum atomic E-state index is 6.46. The zero-order valence-corrected chi connectivity index (χ0v) is 13.8. The van der Waals surface area contributed by atoms with E-state index in [0.717, 1.165) is 29.9 Å². The van der Waals surface area contributed by atoms with E-state index in [2.05, 4.69) is 29.3 Å². The molecule has 2 fully saturated rings. The highest BCUT2D eigenvalue weighted by molar-refractivity contribution is 6.31. The summed E-state index contributed by atoms with van der Waals surface area (Å²) in [6.07, 6.45) is 7.11. The van der Waals surface area contributed by atoms with E-state index in [9.17, 15) is 0 Å². The van der Waals surface area contributed by atoms with E-state index in [-0.39, 0.29) is 0 Å². The quantitative estimate of drug-likeness (QED) is 0.883. The first-order valence-electron chi connectivity index (χ1n) is 8.52. The molecule has 1 saturated carbocycles. The Morgan fingerprint density at radius 1 is 1.19 bits per heavy atom. The number of hydrogen-bond acceptors (Lipinski definition) is 2. The normalized spacial score (nSPS) is 25.7. The van der Waals surface area contributed by atoms with Crippen molar-refractivity contribution in [3.05, 3.63) is 28.8 Å². The van der Waals surface area contributed by atoms with E-state index in [1.54, 1.807) is 0 Å². The van der Waals surface area contributed by atoms with Crippen molar-refractivity contribution < 1.29 is 0 Å². The minimum atomic E-state index is 0.871. The van der Waals surface area contributed by atoms with E-state index < -0.39 is 0 Å². The molecule has 1 aliphatic carbocycles. The fraction of sp³-hybridized carbons (Fsp3) is 0.667. The molecule has 0 spiro atoms. The highest BCUT2D eigenvalue weighted by Gasteiger charge is 2.31. The summed E-state index contributed by atoms with van der Waals surface area (Å²) in [6, 6.07) is 6.37. The number of anilines is 1. The maximum Gasteiger partial charge on any atom is 0.0471 e. The fourth-order valence-corrected chi connectivity index (χ4v) is 4.32. The van der Waals surface area contributed by atoms with Gasteiger partial charge in [0.05, 0.1) is 0 Å². The Kier molecular flexibility index (Phi) is 5.07. The van der Waals surface area contributed by atoms with Crippen LogP contribution in [0.3, 0.4) is 0 Å². The minimum absolute atomic E-state index is 0.871. The Morgan fingerprint density at radius 2 is 2.00 bits per heavy atom. The van der Waals surface area contributed by atoms with Crippen LogP contribution in [0.1, 0.15) is 44.6 Å². The lowest BCUT2D eigenvalue weighted by Gasteiger charge is -2.43. The highest BCUT2D eigenvalue weighted by atomic mass is 35.5. The molecule has 1 aromatic rings. The summed E-state index contributed by atoms with van der Waals surface area (Å²) in [7, 11) is 0. The number of benzene rings is 1. The predicted octanol–water partition coefficient (Wildman–Crippen LogP) is 4.47. The summed E-state index contributed by atoms with van der Waals surface area (Å²) in [5, 5.41) is 4.33. The Balaban J connectivity index is 1.78. The summed E-state index contributed by atoms with van der Waals surface area (Å²) < 4.78 is 0. The van der Waals surface area contributed by atoms with Crippen LogP contribution in [0.4, 0.5) is 5.69 Å². The third-order valence-corrected chi connectivity index (χ3v) is 5.63. The molecule has 1 N–H and O–H groups in total. The molecule has 21 heavy (non-hydrogen) atoms. The van der Waals surface area contributed by atoms with Crippen LogP contribution in [0.15, 0.2) is 18.2 Å². The molecule has 2 nitrogen and oxygen atoms in total. The van der Waals surface area contributed by atoms with Crippen molar-refractivity contribution in [3.63, 3.8) is 0 Å². The lowest BCUT2D eigenvalue weighted by atomic mass is 9.75. The third-order valence-electron chi connectivity index (χ3n) is 5.28. The summed E-state index contributed by atoms with van der Waals surface area (Å²) in [5.41, 5.74) is 2.63. The molecule has 1 heterocycles. The van der Waals surface area contributed by atoms with Crippen molar-refractivity contribution in [3.8, 4) is 0 Å². The topological polar surface area (TPSA) is 15.3 Å². The van der Waals surface area contributed by atoms with Gasteiger partial charge in [0.15, 0.2) is 0 Å². The van der Waals surface area contributed by atoms with Gasteiger partial charge in [0.2, 0.25) is 0 Å². The zero-order valence-electron chi connectivity index (χ0n) is 13.1. The first kappa shape index (κ1) is 15.2. The van der Waals surface area contributed by atoms with Gasteiger partial charge in [0, 0.05) is 35.9 Å². The zero-order chi connectivity index (χ0) is 14.7. The largest absolute Gasteiger partial charge is 0.371 e. The number of nitrogens with one attached hydrogen (secondary N) is 1. The van der Waals surface area contributed by atoms with Crippen molar-refractivity contribution >= 4 is 17.3 Å². The Morgan fingerprint density at radius 3 is 2.81 bits per heavy atom. The van der Waals surface area contributed by atoms with E-state index in [1.807, 2.05) is 6.07 Å². The second-order valence-corrected chi connectivity index (χ2v) is 6.96. The number of rotatable bonds is 4. The van der Waals surface area contributed by atoms with Gasteiger partial charge < -0.3 is 10.2 Å². The van der Waals surface area contributed by atoms with Crippen molar-refractivity contribution in [1.29, 1.82) is 0 Å². The molecule has 2 atom stereocenters. The average Bonchev–Trinajstić information content (AvgIpc) is 2.53. The molecule has 0 amide bonds. The molecule has 1 aliphatic heterocycles. The van der Waals surface area contributed by atoms with Gasteiger partial charge in [-0.05, 0) is 43.4 Å². The first-order chi connectivity index (χ1) is 10.3. The molecule has 116 valence electrons. The predicted molar refractivity (Wildman–Crippen MR) is 91.1 cm³/mol. The fourth-order valence-electron chi connectivity index (χ4n) is 4.09. The Bertz CT molecular complexity index is 474. The monoisotopic (exact) mass is 306 g/mol. The second-order valence-electron chi connectivity index (χ2n) is 6.56. The summed E-state index contributed by atoms with van der Waals surface area (Å²) in [6.45, 7) is 6.42. The van der Waals surface area contributed by atoms with Crippen molar-refractivity contribution in [2.45, 2.75) is 45.6 Å². The molecule has 1 saturated heterocycles. The molecule has 1 aromatic carbocycles. The van der Waals surface area contributed by atoms with Crippen LogP contribution >= 0.6 is 11.6 Å². The Hall–Kier alpha value is -0.730. The van der Waals surface area contributed by atoms with Gasteiger partial charge in [0.25, 0.3) is 0 Å². The molecule has 2 unspecified atom stereocenters. The van der Waals surface area contributed by atoms with Crippen LogP contribution in [0.5, 0.6) is 0 Å². The first-order valence-corrected chi connectivity index (χ1v) is 8.90. The highest BCUT2D eigenvalue weighted by Crippen LogP contribution is 2.39. The van der Waals surface area contributed by atoms with Crippen LogP contribution < -0.4 is 10.2 Å². The molecule has 0 radical (unpaired) electrons. The lowest BCUT2D eigenvalue weighted by molar-refractivity contribution is 0.202. The number of fused-ring (bicyclic) bond motifs is 1. The maximum absolute atomic E-state index is 6.46. The molecule has 0 bridgehead atoms. The van der Waals surface area contributed by atoms with Gasteiger partial charge >= 0.3 is 0 Å². The van der Waals surface area contributed by atoms with Gasteiger partial charge in [-0.3, -0.25) is 0 Å². The van der Waals surface area contributed by atoms with Gasteiger partial charge in [-0.1, -0.05) is 43.9 Å². The van der Waals surface area contributed by atoms with Crippen LogP contribution in [-0.4, -0.2) is 19.6 Å².